The summed E-state index contributed by atoms with van der Waals surface area (Å²) in [5.74, 6) is 0.822. The fourth-order valence-electron chi connectivity index (χ4n) is 1.18. The van der Waals surface area contributed by atoms with E-state index in [1.54, 1.807) is 0 Å². The minimum absolute atomic E-state index is 0.249. The molecule has 82 valence electrons. The zero-order valence-corrected chi connectivity index (χ0v) is 9.95. The molecule has 0 atom stereocenters. The second-order valence-corrected chi connectivity index (χ2v) is 3.78. The third kappa shape index (κ3) is 3.20. The quantitative estimate of drug-likeness (QED) is 0.584. The summed E-state index contributed by atoms with van der Waals surface area (Å²) in [6, 6.07) is 0. The van der Waals surface area contributed by atoms with Crippen molar-refractivity contribution < 1.29 is 4.74 Å². The Morgan fingerprint density at radius 3 is 2.80 bits per heavy atom. The Labute approximate surface area is 95.2 Å². The van der Waals surface area contributed by atoms with E-state index in [-0.39, 0.29) is 5.92 Å². The van der Waals surface area contributed by atoms with Crippen LogP contribution in [0.25, 0.3) is 0 Å². The molecule has 0 amide bonds. The molecule has 15 heavy (non-hydrogen) atoms. The normalized spacial score (nSPS) is 11.3. The Balaban J connectivity index is 2.90. The van der Waals surface area contributed by atoms with Crippen molar-refractivity contribution in [1.82, 2.24) is 9.97 Å². The van der Waals surface area contributed by atoms with Crippen molar-refractivity contribution >= 4 is 11.6 Å². The van der Waals surface area contributed by atoms with Gasteiger partial charge in [-0.2, -0.15) is 0 Å². The molecule has 0 N–H and O–H groups in total. The van der Waals surface area contributed by atoms with Gasteiger partial charge in [0, 0.05) is 0 Å². The van der Waals surface area contributed by atoms with E-state index in [4.69, 9.17) is 16.3 Å². The number of aromatic nitrogens is 2. The van der Waals surface area contributed by atoms with E-state index < -0.39 is 0 Å². The lowest BCUT2D eigenvalue weighted by Crippen LogP contribution is -2.03. The Hall–Kier alpha value is -1.09. The molecule has 0 saturated carbocycles. The van der Waals surface area contributed by atoms with Gasteiger partial charge in [0.2, 0.25) is 5.88 Å². The molecule has 0 unspecified atom stereocenters. The Bertz CT molecular complexity index is 350. The van der Waals surface area contributed by atoms with Crippen LogP contribution in [0, 0.1) is 0 Å². The van der Waals surface area contributed by atoms with E-state index in [0.29, 0.717) is 17.6 Å². The number of hydrogen-bond acceptors (Lipinski definition) is 3. The summed E-state index contributed by atoms with van der Waals surface area (Å²) in [5.41, 5.74) is 0.865. The molecule has 0 saturated heterocycles. The molecule has 0 spiro atoms. The van der Waals surface area contributed by atoms with Gasteiger partial charge in [-0.3, -0.25) is 0 Å². The smallest absolute Gasteiger partial charge is 0.221 e. The van der Waals surface area contributed by atoms with Gasteiger partial charge in [0.15, 0.2) is 0 Å². The molecule has 0 aliphatic heterocycles. The summed E-state index contributed by atoms with van der Waals surface area (Å²) in [6.07, 6.45) is 5.26. The van der Waals surface area contributed by atoms with Crippen LogP contribution in [0.2, 0.25) is 5.15 Å². The summed E-state index contributed by atoms with van der Waals surface area (Å²) in [4.78, 5) is 8.03. The van der Waals surface area contributed by atoms with Gasteiger partial charge in [0.1, 0.15) is 18.1 Å². The van der Waals surface area contributed by atoms with Crippen LogP contribution in [0.5, 0.6) is 5.88 Å². The number of ether oxygens (including phenoxy) is 1. The van der Waals surface area contributed by atoms with Crippen molar-refractivity contribution in [3.8, 4) is 5.88 Å². The standard InChI is InChI=1S/C11H15ClN2O/c1-4-5-6-15-11-9(8(2)3)10(12)13-7-14-11/h4-5,7-8H,6H2,1-3H3. The zero-order chi connectivity index (χ0) is 11.3. The minimum atomic E-state index is 0.249. The highest BCUT2D eigenvalue weighted by Gasteiger charge is 2.14. The molecular weight excluding hydrogens is 212 g/mol. The fraction of sp³-hybridized carbons (Fsp3) is 0.455. The largest absolute Gasteiger partial charge is 0.473 e. The van der Waals surface area contributed by atoms with Gasteiger partial charge < -0.3 is 4.74 Å². The molecular formula is C11H15ClN2O. The zero-order valence-electron chi connectivity index (χ0n) is 9.20. The molecule has 0 aliphatic carbocycles. The first-order chi connectivity index (χ1) is 7.16. The van der Waals surface area contributed by atoms with Crippen molar-refractivity contribution in [2.45, 2.75) is 26.7 Å². The van der Waals surface area contributed by atoms with Crippen LogP contribution < -0.4 is 4.74 Å². The summed E-state index contributed by atoms with van der Waals surface area (Å²) >= 11 is 5.99. The summed E-state index contributed by atoms with van der Waals surface area (Å²) < 4.78 is 5.50. The molecule has 1 aromatic rings. The number of rotatable bonds is 4. The van der Waals surface area contributed by atoms with Crippen LogP contribution in [-0.2, 0) is 0 Å². The number of nitrogens with zero attached hydrogens (tertiary/aromatic N) is 2. The number of allylic oxidation sites excluding steroid dienone is 1. The average Bonchev–Trinajstić information content (AvgIpc) is 2.17. The first-order valence-corrected chi connectivity index (χ1v) is 5.29. The molecule has 0 aromatic carbocycles. The van der Waals surface area contributed by atoms with Crippen molar-refractivity contribution in [3.63, 3.8) is 0 Å². The summed E-state index contributed by atoms with van der Waals surface area (Å²) in [6.45, 7) is 6.52. The molecule has 1 aromatic heterocycles. The number of halogens is 1. The van der Waals surface area contributed by atoms with E-state index in [0.717, 1.165) is 5.56 Å². The van der Waals surface area contributed by atoms with Crippen molar-refractivity contribution in [3.05, 3.63) is 29.2 Å². The van der Waals surface area contributed by atoms with E-state index >= 15 is 0 Å². The van der Waals surface area contributed by atoms with Crippen LogP contribution >= 0.6 is 11.6 Å². The summed E-state index contributed by atoms with van der Waals surface area (Å²) in [5, 5.41) is 0.468. The third-order valence-electron chi connectivity index (χ3n) is 1.93. The monoisotopic (exact) mass is 226 g/mol. The minimum Gasteiger partial charge on any atom is -0.473 e. The van der Waals surface area contributed by atoms with Gasteiger partial charge in [-0.05, 0) is 12.8 Å². The van der Waals surface area contributed by atoms with Gasteiger partial charge in [0.05, 0.1) is 5.56 Å². The molecule has 0 aliphatic rings. The van der Waals surface area contributed by atoms with Crippen LogP contribution in [0.3, 0.4) is 0 Å². The fourth-order valence-corrected chi connectivity index (χ4v) is 1.53. The second kappa shape index (κ2) is 5.71. The highest BCUT2D eigenvalue weighted by atomic mass is 35.5. The van der Waals surface area contributed by atoms with Crippen LogP contribution in [0.4, 0.5) is 0 Å². The molecule has 4 heteroatoms. The highest BCUT2D eigenvalue weighted by Crippen LogP contribution is 2.29. The Morgan fingerprint density at radius 1 is 1.47 bits per heavy atom. The SMILES string of the molecule is CC=CCOc1ncnc(Cl)c1C(C)C. The lowest BCUT2D eigenvalue weighted by atomic mass is 10.1. The van der Waals surface area contributed by atoms with Crippen LogP contribution in [0.15, 0.2) is 18.5 Å². The Morgan fingerprint density at radius 2 is 2.20 bits per heavy atom. The van der Waals surface area contributed by atoms with E-state index in [9.17, 15) is 0 Å². The van der Waals surface area contributed by atoms with Gasteiger partial charge in [-0.1, -0.05) is 37.6 Å². The second-order valence-electron chi connectivity index (χ2n) is 3.42. The first kappa shape index (κ1) is 12.0. The third-order valence-corrected chi connectivity index (χ3v) is 2.23. The van der Waals surface area contributed by atoms with Gasteiger partial charge in [0.25, 0.3) is 0 Å². The van der Waals surface area contributed by atoms with Gasteiger partial charge in [-0.25, -0.2) is 9.97 Å². The maximum Gasteiger partial charge on any atom is 0.221 e. The lowest BCUT2D eigenvalue weighted by molar-refractivity contribution is 0.341. The Kier molecular flexibility index (Phi) is 4.56. The van der Waals surface area contributed by atoms with Crippen molar-refractivity contribution in [1.29, 1.82) is 0 Å². The molecule has 1 heterocycles. The first-order valence-electron chi connectivity index (χ1n) is 4.91. The van der Waals surface area contributed by atoms with Crippen molar-refractivity contribution in [2.24, 2.45) is 0 Å². The highest BCUT2D eigenvalue weighted by molar-refractivity contribution is 6.30. The van der Waals surface area contributed by atoms with E-state index in [2.05, 4.69) is 9.97 Å². The molecule has 0 radical (unpaired) electrons. The van der Waals surface area contributed by atoms with Gasteiger partial charge in [-0.15, -0.1) is 0 Å². The van der Waals surface area contributed by atoms with Gasteiger partial charge >= 0.3 is 0 Å². The number of hydrogen-bond donors (Lipinski definition) is 0. The van der Waals surface area contributed by atoms with Crippen LogP contribution in [-0.4, -0.2) is 16.6 Å². The maximum absolute atomic E-state index is 5.99. The van der Waals surface area contributed by atoms with E-state index in [1.807, 2.05) is 32.9 Å². The molecule has 0 fully saturated rings. The summed E-state index contributed by atoms with van der Waals surface area (Å²) in [7, 11) is 0. The topological polar surface area (TPSA) is 35.0 Å². The van der Waals surface area contributed by atoms with Crippen molar-refractivity contribution in [2.75, 3.05) is 6.61 Å². The predicted octanol–water partition coefficient (Wildman–Crippen LogP) is 3.21. The molecule has 1 rings (SSSR count). The average molecular weight is 227 g/mol. The lowest BCUT2D eigenvalue weighted by Gasteiger charge is -2.12. The van der Waals surface area contributed by atoms with E-state index in [1.165, 1.54) is 6.33 Å². The maximum atomic E-state index is 5.99. The molecule has 3 nitrogen and oxygen atoms in total. The predicted molar refractivity (Wildman–Crippen MR) is 61.4 cm³/mol. The van der Waals surface area contributed by atoms with Crippen LogP contribution in [0.1, 0.15) is 32.3 Å². The molecule has 0 bridgehead atoms.